The van der Waals surface area contributed by atoms with Gasteiger partial charge in [0.2, 0.25) is 5.95 Å². The maximum absolute atomic E-state index is 12.8. The molecule has 2 aliphatic rings. The first-order valence-corrected chi connectivity index (χ1v) is 6.89. The van der Waals surface area contributed by atoms with Gasteiger partial charge < -0.3 is 5.32 Å². The highest BCUT2D eigenvalue weighted by atomic mass is 19.4. The Hall–Kier alpha value is -1.61. The molecule has 1 unspecified atom stereocenters. The molecule has 4 N–H and O–H groups in total. The van der Waals surface area contributed by atoms with Crippen LogP contribution >= 0.6 is 0 Å². The summed E-state index contributed by atoms with van der Waals surface area (Å²) >= 11 is 0. The van der Waals surface area contributed by atoms with Crippen molar-refractivity contribution in [2.45, 2.75) is 37.5 Å². The predicted molar refractivity (Wildman–Crippen MR) is 71.5 cm³/mol. The molecule has 1 aliphatic carbocycles. The number of halogens is 3. The summed E-state index contributed by atoms with van der Waals surface area (Å²) in [4.78, 5) is 9.63. The van der Waals surface area contributed by atoms with Crippen molar-refractivity contribution in [3.63, 3.8) is 0 Å². The van der Waals surface area contributed by atoms with Gasteiger partial charge in [0.15, 0.2) is 5.69 Å². The summed E-state index contributed by atoms with van der Waals surface area (Å²) in [6, 6.07) is 1.68. The largest absolute Gasteiger partial charge is 0.433 e. The topological polar surface area (TPSA) is 79.1 Å². The molecule has 1 atom stereocenters. The molecule has 0 aromatic carbocycles. The number of hydrazine groups is 1. The third-order valence-electron chi connectivity index (χ3n) is 3.78. The van der Waals surface area contributed by atoms with Crippen molar-refractivity contribution in [1.82, 2.24) is 14.9 Å². The fourth-order valence-corrected chi connectivity index (χ4v) is 2.62. The predicted octanol–water partition coefficient (Wildman–Crippen LogP) is 1.43. The molecule has 3 rings (SSSR count). The fraction of sp³-hybridized carbons (Fsp3) is 0.667. The smallest absolute Gasteiger partial charge is 0.366 e. The van der Waals surface area contributed by atoms with Crippen LogP contribution in [0.2, 0.25) is 0 Å². The van der Waals surface area contributed by atoms with Gasteiger partial charge >= 0.3 is 6.18 Å². The Morgan fingerprint density at radius 1 is 1.24 bits per heavy atom. The molecular formula is C12H17F3N6. The molecule has 0 radical (unpaired) electrons. The van der Waals surface area contributed by atoms with Gasteiger partial charge in [-0.1, -0.05) is 0 Å². The van der Waals surface area contributed by atoms with Crippen molar-refractivity contribution in [2.75, 3.05) is 23.8 Å². The maximum Gasteiger partial charge on any atom is 0.433 e. The van der Waals surface area contributed by atoms with Crippen molar-refractivity contribution in [1.29, 1.82) is 0 Å². The second-order valence-electron chi connectivity index (χ2n) is 5.46. The number of hydrogen-bond acceptors (Lipinski definition) is 6. The number of alkyl halides is 3. The fourth-order valence-electron chi connectivity index (χ4n) is 2.62. The van der Waals surface area contributed by atoms with Crippen LogP contribution in [0, 0.1) is 0 Å². The first kappa shape index (κ1) is 14.3. The summed E-state index contributed by atoms with van der Waals surface area (Å²) in [6.07, 6.45) is -1.19. The Morgan fingerprint density at radius 3 is 2.62 bits per heavy atom. The Kier molecular flexibility index (Phi) is 3.62. The third-order valence-corrected chi connectivity index (χ3v) is 3.78. The molecule has 1 saturated carbocycles. The minimum Gasteiger partial charge on any atom is -0.366 e. The van der Waals surface area contributed by atoms with Gasteiger partial charge in [0.05, 0.1) is 0 Å². The van der Waals surface area contributed by atoms with Crippen LogP contribution in [-0.4, -0.2) is 40.0 Å². The van der Waals surface area contributed by atoms with E-state index < -0.39 is 11.9 Å². The molecule has 9 heteroatoms. The Bertz CT molecular complexity index is 516. The highest BCUT2D eigenvalue weighted by molar-refractivity contribution is 5.43. The lowest BCUT2D eigenvalue weighted by Crippen LogP contribution is -2.28. The molecule has 116 valence electrons. The lowest BCUT2D eigenvalue weighted by molar-refractivity contribution is -0.141. The molecule has 1 saturated heterocycles. The number of nitrogens with two attached hydrogens (primary N) is 1. The number of rotatable bonds is 4. The highest BCUT2D eigenvalue weighted by Gasteiger charge is 2.36. The van der Waals surface area contributed by atoms with Gasteiger partial charge in [-0.3, -0.25) is 10.3 Å². The number of hydrogen-bond donors (Lipinski definition) is 3. The van der Waals surface area contributed by atoms with E-state index in [-0.39, 0.29) is 17.8 Å². The van der Waals surface area contributed by atoms with E-state index >= 15 is 0 Å². The van der Waals surface area contributed by atoms with E-state index in [0.29, 0.717) is 6.04 Å². The molecule has 1 aromatic heterocycles. The van der Waals surface area contributed by atoms with Crippen molar-refractivity contribution < 1.29 is 13.2 Å². The number of likely N-dealkylation sites (tertiary alicyclic amines) is 1. The van der Waals surface area contributed by atoms with Crippen LogP contribution in [0.25, 0.3) is 0 Å². The third kappa shape index (κ3) is 3.35. The normalized spacial score (nSPS) is 23.3. The lowest BCUT2D eigenvalue weighted by atomic mass is 10.2. The zero-order chi connectivity index (χ0) is 15.0. The van der Waals surface area contributed by atoms with E-state index in [1.807, 2.05) is 0 Å². The molecule has 1 aromatic rings. The summed E-state index contributed by atoms with van der Waals surface area (Å²) in [6.45, 7) is 1.81. The average molecular weight is 302 g/mol. The molecule has 2 heterocycles. The van der Waals surface area contributed by atoms with Gasteiger partial charge in [0.1, 0.15) is 5.82 Å². The minimum atomic E-state index is -4.53. The van der Waals surface area contributed by atoms with Gasteiger partial charge in [-0.15, -0.1) is 0 Å². The summed E-state index contributed by atoms with van der Waals surface area (Å²) in [5.74, 6) is 5.03. The van der Waals surface area contributed by atoms with E-state index in [2.05, 4.69) is 25.6 Å². The summed E-state index contributed by atoms with van der Waals surface area (Å²) in [5, 5.41) is 3.05. The van der Waals surface area contributed by atoms with Crippen LogP contribution in [0.3, 0.4) is 0 Å². The van der Waals surface area contributed by atoms with E-state index in [1.165, 1.54) is 12.8 Å². The van der Waals surface area contributed by atoms with Gasteiger partial charge in [-0.05, 0) is 19.3 Å². The van der Waals surface area contributed by atoms with Gasteiger partial charge in [0, 0.05) is 31.2 Å². The van der Waals surface area contributed by atoms with E-state index in [9.17, 15) is 13.2 Å². The van der Waals surface area contributed by atoms with E-state index in [0.717, 1.165) is 25.6 Å². The van der Waals surface area contributed by atoms with Crippen LogP contribution < -0.4 is 16.6 Å². The molecule has 1 aliphatic heterocycles. The van der Waals surface area contributed by atoms with Crippen LogP contribution in [0.1, 0.15) is 25.0 Å². The Labute approximate surface area is 119 Å². The van der Waals surface area contributed by atoms with Crippen molar-refractivity contribution >= 4 is 11.8 Å². The van der Waals surface area contributed by atoms with E-state index in [4.69, 9.17) is 5.84 Å². The summed E-state index contributed by atoms with van der Waals surface area (Å²) in [5.41, 5.74) is 1.06. The minimum absolute atomic E-state index is 0.104. The van der Waals surface area contributed by atoms with Crippen LogP contribution in [-0.2, 0) is 6.18 Å². The van der Waals surface area contributed by atoms with Gasteiger partial charge in [0.25, 0.3) is 0 Å². The number of aromatic nitrogens is 2. The second-order valence-corrected chi connectivity index (χ2v) is 5.46. The molecule has 0 spiro atoms. The van der Waals surface area contributed by atoms with E-state index in [1.54, 1.807) is 0 Å². The quantitative estimate of drug-likeness (QED) is 0.577. The van der Waals surface area contributed by atoms with Gasteiger partial charge in [-0.2, -0.15) is 18.2 Å². The first-order chi connectivity index (χ1) is 9.95. The maximum atomic E-state index is 12.8. The monoisotopic (exact) mass is 302 g/mol. The Balaban J connectivity index is 1.72. The SMILES string of the molecule is NNc1nc(NC2CCN(C3CC3)C2)cc(C(F)(F)F)n1. The highest BCUT2D eigenvalue weighted by Crippen LogP contribution is 2.32. The molecule has 0 amide bonds. The van der Waals surface area contributed by atoms with Crippen molar-refractivity contribution in [3.8, 4) is 0 Å². The average Bonchev–Trinajstić information content (AvgIpc) is 3.18. The molecule has 6 nitrogen and oxygen atoms in total. The lowest BCUT2D eigenvalue weighted by Gasteiger charge is -2.17. The van der Waals surface area contributed by atoms with Crippen LogP contribution in [0.4, 0.5) is 24.9 Å². The number of anilines is 2. The number of nitrogens with zero attached hydrogens (tertiary/aromatic N) is 3. The molecule has 2 fully saturated rings. The standard InChI is InChI=1S/C12H17F3N6/c13-12(14,15)9-5-10(19-11(18-9)20-16)17-7-3-4-21(6-7)8-1-2-8/h5,7-8H,1-4,6,16H2,(H2,17,18,19,20). The molecule has 0 bridgehead atoms. The van der Waals surface area contributed by atoms with Crippen LogP contribution in [0.15, 0.2) is 6.07 Å². The summed E-state index contributed by atoms with van der Waals surface area (Å²) < 4.78 is 38.3. The van der Waals surface area contributed by atoms with Crippen molar-refractivity contribution in [3.05, 3.63) is 11.8 Å². The molecule has 21 heavy (non-hydrogen) atoms. The first-order valence-electron chi connectivity index (χ1n) is 6.89. The molecular weight excluding hydrogens is 285 g/mol. The Morgan fingerprint density at radius 2 is 2.00 bits per heavy atom. The van der Waals surface area contributed by atoms with Gasteiger partial charge in [-0.25, -0.2) is 10.8 Å². The number of nitrogens with one attached hydrogen (secondary N) is 2. The zero-order valence-electron chi connectivity index (χ0n) is 11.3. The second kappa shape index (κ2) is 5.30. The zero-order valence-corrected chi connectivity index (χ0v) is 11.3. The van der Waals surface area contributed by atoms with Crippen molar-refractivity contribution in [2.24, 2.45) is 5.84 Å². The van der Waals surface area contributed by atoms with Crippen LogP contribution in [0.5, 0.6) is 0 Å². The summed E-state index contributed by atoms with van der Waals surface area (Å²) in [7, 11) is 0. The number of nitrogen functional groups attached to an aromatic ring is 1.